The first-order valence-electron chi connectivity index (χ1n) is 21.0. The van der Waals surface area contributed by atoms with E-state index in [4.69, 9.17) is 24.3 Å². The average Bonchev–Trinajstić information content (AvgIpc) is 3.20. The van der Waals surface area contributed by atoms with Gasteiger partial charge in [0, 0.05) is 19.4 Å². The summed E-state index contributed by atoms with van der Waals surface area (Å²) < 4.78 is 32.6. The van der Waals surface area contributed by atoms with Crippen molar-refractivity contribution in [3.8, 4) is 0 Å². The Balaban J connectivity index is 4.42. The van der Waals surface area contributed by atoms with E-state index in [2.05, 4.69) is 104 Å². The molecule has 0 saturated heterocycles. The van der Waals surface area contributed by atoms with Crippen LogP contribution in [0.3, 0.4) is 0 Å². The lowest BCUT2D eigenvalue weighted by atomic mass is 10.1. The molecule has 4 N–H and O–H groups in total. The first-order chi connectivity index (χ1) is 28.2. The molecule has 3 atom stereocenters. The molecule has 0 aromatic rings. The minimum atomic E-state index is -4.43. The summed E-state index contributed by atoms with van der Waals surface area (Å²) in [5.41, 5.74) is 5.33. The topological polar surface area (TPSA) is 155 Å². The molecule has 326 valence electrons. The first kappa shape index (κ1) is 54.4. The summed E-state index contributed by atoms with van der Waals surface area (Å²) >= 11 is 0. The van der Waals surface area contributed by atoms with Gasteiger partial charge in [0.1, 0.15) is 6.61 Å². The smallest absolute Gasteiger partial charge is 0.462 e. The molecule has 0 spiro atoms. The maximum absolute atomic E-state index is 12.5. The number of phosphoric ester groups is 1. The van der Waals surface area contributed by atoms with Gasteiger partial charge in [-0.15, -0.1) is 0 Å². The highest BCUT2D eigenvalue weighted by Crippen LogP contribution is 2.43. The molecule has 0 fully saturated rings. The largest absolute Gasteiger partial charge is 0.472 e. The van der Waals surface area contributed by atoms with Crippen LogP contribution >= 0.6 is 7.82 Å². The van der Waals surface area contributed by atoms with Crippen LogP contribution in [0.1, 0.15) is 123 Å². The van der Waals surface area contributed by atoms with Gasteiger partial charge in [0.2, 0.25) is 0 Å². The molecule has 0 rings (SSSR count). The number of rotatable bonds is 37. The zero-order valence-corrected chi connectivity index (χ0v) is 36.2. The summed E-state index contributed by atoms with van der Waals surface area (Å²) in [5.74, 6) is -1.02. The third-order valence-electron chi connectivity index (χ3n) is 7.86. The van der Waals surface area contributed by atoms with Crippen molar-refractivity contribution in [2.24, 2.45) is 5.73 Å². The van der Waals surface area contributed by atoms with Gasteiger partial charge in [0.15, 0.2) is 6.10 Å². The number of ether oxygens (including phenoxy) is 2. The molecule has 0 aromatic carbocycles. The lowest BCUT2D eigenvalue weighted by Crippen LogP contribution is -2.29. The van der Waals surface area contributed by atoms with Crippen molar-refractivity contribution in [3.05, 3.63) is 122 Å². The van der Waals surface area contributed by atoms with Gasteiger partial charge in [0.05, 0.1) is 19.3 Å². The van der Waals surface area contributed by atoms with Gasteiger partial charge < -0.3 is 25.2 Å². The molecule has 0 aliphatic heterocycles. The highest BCUT2D eigenvalue weighted by atomic mass is 31.2. The van der Waals surface area contributed by atoms with E-state index in [-0.39, 0.29) is 38.7 Å². The lowest BCUT2D eigenvalue weighted by Gasteiger charge is -2.19. The second-order valence-electron chi connectivity index (χ2n) is 13.4. The van der Waals surface area contributed by atoms with E-state index in [0.717, 1.165) is 77.0 Å². The van der Waals surface area contributed by atoms with Crippen molar-refractivity contribution in [1.82, 2.24) is 0 Å². The van der Waals surface area contributed by atoms with Gasteiger partial charge in [-0.05, 0) is 103 Å². The Kier molecular flexibility index (Phi) is 38.9. The lowest BCUT2D eigenvalue weighted by molar-refractivity contribution is -0.161. The van der Waals surface area contributed by atoms with Crippen LogP contribution in [-0.2, 0) is 32.7 Å². The van der Waals surface area contributed by atoms with Crippen LogP contribution in [0, 0.1) is 0 Å². The quantitative estimate of drug-likeness (QED) is 0.0238. The highest BCUT2D eigenvalue weighted by Gasteiger charge is 2.25. The number of hydrogen-bond acceptors (Lipinski definition) is 9. The van der Waals surface area contributed by atoms with E-state index in [1.54, 1.807) is 0 Å². The van der Waals surface area contributed by atoms with Crippen molar-refractivity contribution in [2.45, 2.75) is 135 Å². The predicted molar refractivity (Wildman–Crippen MR) is 239 cm³/mol. The van der Waals surface area contributed by atoms with Crippen LogP contribution < -0.4 is 5.73 Å². The molecular formula is C47H74NO9P. The fraction of sp³-hybridized carbons (Fsp3) is 0.532. The minimum absolute atomic E-state index is 0.0222. The van der Waals surface area contributed by atoms with Crippen LogP contribution in [0.2, 0.25) is 0 Å². The molecule has 0 heterocycles. The molecular weight excluding hydrogens is 753 g/mol. The third kappa shape index (κ3) is 42.0. The van der Waals surface area contributed by atoms with Gasteiger partial charge in [-0.2, -0.15) is 0 Å². The normalized spacial score (nSPS) is 15.1. The Bertz CT molecular complexity index is 1370. The fourth-order valence-electron chi connectivity index (χ4n) is 4.79. The number of phosphoric acid groups is 1. The SMILES string of the molecule is CC/C=C\C/C=C\C/C=C\C/C=C\C/C=C\C/C=C\CCC(=O)O[C@H](COC(=O)CCC/C=C\C/C=C\C/C=C\C/C=C\CCC[C@@H](C)O)COP(=O)(O)OCCN. The van der Waals surface area contributed by atoms with Crippen LogP contribution in [-0.4, -0.2) is 60.5 Å². The molecule has 0 aliphatic carbocycles. The van der Waals surface area contributed by atoms with Gasteiger partial charge in [-0.25, -0.2) is 4.57 Å². The van der Waals surface area contributed by atoms with E-state index in [0.29, 0.717) is 19.3 Å². The van der Waals surface area contributed by atoms with Gasteiger partial charge in [0.25, 0.3) is 0 Å². The summed E-state index contributed by atoms with van der Waals surface area (Å²) in [6.45, 7) is 2.97. The number of esters is 2. The number of hydrogen-bond donors (Lipinski definition) is 3. The van der Waals surface area contributed by atoms with Crippen molar-refractivity contribution in [3.63, 3.8) is 0 Å². The summed E-state index contributed by atoms with van der Waals surface area (Å²) in [5, 5.41) is 9.26. The molecule has 1 unspecified atom stereocenters. The van der Waals surface area contributed by atoms with Crippen LogP contribution in [0.4, 0.5) is 0 Å². The van der Waals surface area contributed by atoms with E-state index in [1.807, 2.05) is 31.2 Å². The molecule has 0 amide bonds. The zero-order valence-electron chi connectivity index (χ0n) is 35.3. The number of carbonyl (C=O) groups is 2. The van der Waals surface area contributed by atoms with E-state index >= 15 is 0 Å². The average molecular weight is 828 g/mol. The fourth-order valence-corrected chi connectivity index (χ4v) is 5.55. The van der Waals surface area contributed by atoms with E-state index < -0.39 is 32.5 Å². The van der Waals surface area contributed by atoms with Gasteiger partial charge >= 0.3 is 19.8 Å². The number of aliphatic hydroxyl groups is 1. The third-order valence-corrected chi connectivity index (χ3v) is 8.85. The monoisotopic (exact) mass is 828 g/mol. The van der Waals surface area contributed by atoms with Gasteiger partial charge in [-0.3, -0.25) is 18.6 Å². The molecule has 0 aromatic heterocycles. The Morgan fingerprint density at radius 1 is 0.586 bits per heavy atom. The maximum Gasteiger partial charge on any atom is 0.472 e. The standard InChI is InChI=1S/C47H74NO9P/c1-3-4-5-6-7-8-9-10-11-12-13-14-17-21-24-27-30-33-36-39-47(51)57-45(43-56-58(52,53)55-41-40-48)42-54-46(50)38-35-32-29-26-23-20-18-15-16-19-22-25-28-31-34-37-44(2)49/h4-5,7-8,10-11,13-14,16,18-21,24-26,28-30,33,44-45,49H,3,6,9,12,15,17,22-23,27,31-32,34-43,48H2,1-2H3,(H,52,53)/b5-4-,8-7-,11-10-,14-13-,19-16-,20-18-,24-21-,28-25-,29-26-,33-30-/t44-,45-/m1/s1. The molecule has 58 heavy (non-hydrogen) atoms. The van der Waals surface area contributed by atoms with E-state index in [9.17, 15) is 24.2 Å². The second kappa shape index (κ2) is 41.5. The Labute approximate surface area is 350 Å². The predicted octanol–water partition coefficient (Wildman–Crippen LogP) is 11.1. The second-order valence-corrected chi connectivity index (χ2v) is 14.9. The number of allylic oxidation sites excluding steroid dienone is 20. The zero-order chi connectivity index (χ0) is 42.6. The number of unbranched alkanes of at least 4 members (excludes halogenated alkanes) is 2. The summed E-state index contributed by atoms with van der Waals surface area (Å²) in [7, 11) is -4.43. The summed E-state index contributed by atoms with van der Waals surface area (Å²) in [6, 6.07) is 0. The number of nitrogens with two attached hydrogens (primary N) is 1. The Hall–Kier alpha value is -3.63. The van der Waals surface area contributed by atoms with E-state index in [1.165, 1.54) is 0 Å². The maximum atomic E-state index is 12.5. The molecule has 10 nitrogen and oxygen atoms in total. The molecule has 0 radical (unpaired) electrons. The van der Waals surface area contributed by atoms with Crippen molar-refractivity contribution < 1.29 is 42.7 Å². The van der Waals surface area contributed by atoms with Crippen molar-refractivity contribution >= 4 is 19.8 Å². The first-order valence-corrected chi connectivity index (χ1v) is 22.5. The molecule has 0 saturated carbocycles. The Morgan fingerprint density at radius 3 is 1.47 bits per heavy atom. The van der Waals surface area contributed by atoms with Crippen LogP contribution in [0.5, 0.6) is 0 Å². The van der Waals surface area contributed by atoms with Crippen molar-refractivity contribution in [1.29, 1.82) is 0 Å². The molecule has 0 bridgehead atoms. The van der Waals surface area contributed by atoms with Gasteiger partial charge in [-0.1, -0.05) is 128 Å². The van der Waals surface area contributed by atoms with Crippen LogP contribution in [0.15, 0.2) is 122 Å². The minimum Gasteiger partial charge on any atom is -0.462 e. The number of carbonyl (C=O) groups excluding carboxylic acids is 2. The number of aliphatic hydroxyl groups excluding tert-OH is 1. The Morgan fingerprint density at radius 2 is 1.02 bits per heavy atom. The highest BCUT2D eigenvalue weighted by molar-refractivity contribution is 7.47. The molecule has 0 aliphatic rings. The van der Waals surface area contributed by atoms with Crippen LogP contribution in [0.25, 0.3) is 0 Å². The molecule has 11 heteroatoms. The summed E-state index contributed by atoms with van der Waals surface area (Å²) in [4.78, 5) is 34.8. The van der Waals surface area contributed by atoms with Crippen molar-refractivity contribution in [2.75, 3.05) is 26.4 Å². The summed E-state index contributed by atoms with van der Waals surface area (Å²) in [6.07, 6.45) is 53.8.